The second kappa shape index (κ2) is 80.7. The molecule has 33 N–H and O–H groups in total. The molecule has 0 heterocycles. The van der Waals surface area contributed by atoms with E-state index in [1.54, 1.807) is 27.7 Å². The molecule has 0 bridgehead atoms. The van der Waals surface area contributed by atoms with Crippen molar-refractivity contribution in [3.8, 4) is 0 Å². The van der Waals surface area contributed by atoms with Crippen LogP contribution < -0.4 is 97.8 Å². The Bertz CT molecular complexity index is 4130. The third-order valence-corrected chi connectivity index (χ3v) is 19.7. The Balaban J connectivity index is -0.000000539. The first kappa shape index (κ1) is 134. The summed E-state index contributed by atoms with van der Waals surface area (Å²) in [6.07, 6.45) is 16.3. The lowest BCUT2D eigenvalue weighted by Crippen LogP contribution is -2.70. The molecule has 13 amide bonds. The number of rotatable bonds is 71. The molecule has 45 nitrogen and oxygen atoms in total. The van der Waals surface area contributed by atoms with E-state index >= 15 is 0 Å². The number of carbonyl (C=O) groups is 20. The second-order valence-electron chi connectivity index (χ2n) is 32.8. The van der Waals surface area contributed by atoms with E-state index in [0.29, 0.717) is 227 Å². The van der Waals surface area contributed by atoms with Crippen LogP contribution in [0.5, 0.6) is 0 Å². The number of unbranched alkanes of at least 4 members (excludes halogenated alkanes) is 8. The van der Waals surface area contributed by atoms with E-state index in [-0.39, 0.29) is 90.7 Å². The summed E-state index contributed by atoms with van der Waals surface area (Å²) in [6.45, 7) is 50.8. The Morgan fingerprint density at radius 1 is 0.259 bits per heavy atom. The smallest absolute Gasteiger partial charge is 0.333 e. The summed E-state index contributed by atoms with van der Waals surface area (Å²) in [5.74, 6) is -11.3. The van der Waals surface area contributed by atoms with Gasteiger partial charge in [0.15, 0.2) is 42.9 Å². The van der Waals surface area contributed by atoms with E-state index in [0.717, 1.165) is 0 Å². The van der Waals surface area contributed by atoms with E-state index in [9.17, 15) is 116 Å². The van der Waals surface area contributed by atoms with E-state index in [2.05, 4.69) is 164 Å². The van der Waals surface area contributed by atoms with E-state index in [1.165, 1.54) is 26.0 Å². The number of carbonyl (C=O) groups excluding carboxylic acids is 15. The van der Waals surface area contributed by atoms with Crippen molar-refractivity contribution < 1.29 is 160 Å². The molecule has 0 aliphatic heterocycles. The molecule has 0 aromatic heterocycles. The number of carboxylic acid groups (broad SMARTS) is 5. The zero-order chi connectivity index (χ0) is 107. The van der Waals surface area contributed by atoms with Crippen LogP contribution in [0.4, 0.5) is 0 Å². The Kier molecular flexibility index (Phi) is 77.8. The molecule has 0 rings (SSSR count). The fourth-order valence-electron chi connectivity index (χ4n) is 10.7. The molecule has 45 heteroatoms. The molecule has 0 aliphatic rings. The minimum Gasteiger partial charge on any atom is -0.480 e. The van der Waals surface area contributed by atoms with Crippen molar-refractivity contribution in [2.45, 2.75) is 283 Å². The molecule has 0 aromatic rings. The van der Waals surface area contributed by atoms with Crippen LogP contribution in [0.1, 0.15) is 222 Å². The van der Waals surface area contributed by atoms with Gasteiger partial charge in [0.2, 0.25) is 47.3 Å². The zero-order valence-electron chi connectivity index (χ0n) is 82.7. The first-order valence-electron chi connectivity index (χ1n) is 46.1. The topological polar surface area (TPSA) is 756 Å². The Morgan fingerprint density at radius 3 is 0.640 bits per heavy atom. The summed E-state index contributed by atoms with van der Waals surface area (Å²) in [4.78, 5) is 230. The molecule has 0 fully saturated rings. The highest BCUT2D eigenvalue weighted by Gasteiger charge is 2.31. The van der Waals surface area contributed by atoms with Crippen molar-refractivity contribution in [2.75, 3.05) is 65.6 Å². The number of aliphatic carboxylic acids is 5. The number of amides is 13. The number of esters is 2. The third kappa shape index (κ3) is 72.6. The fourth-order valence-corrected chi connectivity index (χ4v) is 10.7. The van der Waals surface area contributed by atoms with Gasteiger partial charge in [-0.2, -0.15) is 0 Å². The van der Waals surface area contributed by atoms with Gasteiger partial charge in [0.25, 0.3) is 29.5 Å². The maximum atomic E-state index is 12.3. The maximum absolute atomic E-state index is 12.3. The summed E-state index contributed by atoms with van der Waals surface area (Å²) in [6, 6.07) is -8.69. The lowest BCUT2D eigenvalue weighted by molar-refractivity contribution is -0.409. The second-order valence-corrected chi connectivity index (χ2v) is 32.8. The van der Waals surface area contributed by atoms with Gasteiger partial charge < -0.3 is 133 Å². The van der Waals surface area contributed by atoms with Gasteiger partial charge in [-0.3, -0.25) is 62.3 Å². The zero-order valence-corrected chi connectivity index (χ0v) is 82.7. The number of nitrogens with one attached hydrogen (secondary N) is 13. The number of hydrogen-bond donors (Lipinski definition) is 23. The SMILES string of the molecule is C=C(C)C(=O)NCCCC[C@H](NC(=O)[C@@H]([NH3+])CCCCNC(=O)C(=C)C)C(=O)O.C=C(C)C(=O)NCCCC[C@H](NC(=O)[C@@H]([NH3+])COC(=O)C(=C)C)C(=O)O.C=C(C)C(=O)NCCCC[C@H]([NH3+])C(=O)N[C@@H](COC(=O)C(=C)C)C(=O)O.C=C(CC)C(=O)NCCCC[C@H](NC(=O)[C@@H]([NH3+])CCCCNC(=O)C(=C)CC)C(=O)O.C=CC(=O)NCCCC[C@H](NC(=O)[C@@H]([NH3+])CCCCNC(=O)C=C)C(=O)O. The molecule has 139 heavy (non-hydrogen) atoms. The largest absolute Gasteiger partial charge is 0.480 e. The van der Waals surface area contributed by atoms with Crippen LogP contribution in [0.3, 0.4) is 0 Å². The molecule has 784 valence electrons. The predicted octanol–water partition coefficient (Wildman–Crippen LogP) is -2.03. The van der Waals surface area contributed by atoms with Gasteiger partial charge in [-0.05, 0) is 195 Å². The van der Waals surface area contributed by atoms with Gasteiger partial charge in [0.05, 0.1) is 0 Å². The molecular formula is C94H161N18O27+5. The summed E-state index contributed by atoms with van der Waals surface area (Å²) >= 11 is 0. The molecule has 0 aliphatic carbocycles. The van der Waals surface area contributed by atoms with Crippen LogP contribution in [0.25, 0.3) is 0 Å². The van der Waals surface area contributed by atoms with Crippen LogP contribution >= 0.6 is 0 Å². The number of ether oxygens (including phenoxy) is 2. The number of quaternary nitrogens is 5. The first-order valence-corrected chi connectivity index (χ1v) is 46.1. The van der Waals surface area contributed by atoms with Crippen LogP contribution in [0, 0.1) is 0 Å². The Hall–Kier alpha value is -13.4. The first-order chi connectivity index (χ1) is 65.1. The van der Waals surface area contributed by atoms with E-state index < -0.39 is 138 Å². The molecule has 0 aromatic carbocycles. The highest BCUT2D eigenvalue weighted by atomic mass is 16.5. The van der Waals surface area contributed by atoms with Crippen LogP contribution in [0.15, 0.2) is 123 Å². The average Bonchev–Trinajstić information content (AvgIpc) is 0.926. The normalized spacial score (nSPS) is 12.4. The molecule has 0 saturated heterocycles. The van der Waals surface area contributed by atoms with Gasteiger partial charge in [-0.25, -0.2) is 33.6 Å². The van der Waals surface area contributed by atoms with Crippen LogP contribution in [0.2, 0.25) is 0 Å². The van der Waals surface area contributed by atoms with Gasteiger partial charge in [-0.15, -0.1) is 0 Å². The van der Waals surface area contributed by atoms with Crippen molar-refractivity contribution in [3.05, 3.63) is 123 Å². The number of hydrogen-bond acceptors (Lipinski definition) is 22. The third-order valence-electron chi connectivity index (χ3n) is 19.7. The predicted molar refractivity (Wildman–Crippen MR) is 516 cm³/mol. The molecule has 0 spiro atoms. The van der Waals surface area contributed by atoms with Crippen molar-refractivity contribution in [2.24, 2.45) is 0 Å². The molecule has 10 atom stereocenters. The summed E-state index contributed by atoms with van der Waals surface area (Å²) in [5.41, 5.74) is 21.7. The van der Waals surface area contributed by atoms with Crippen molar-refractivity contribution >= 4 is 119 Å². The minimum absolute atomic E-state index is 0.134. The van der Waals surface area contributed by atoms with Gasteiger partial charge in [0, 0.05) is 123 Å². The highest BCUT2D eigenvalue weighted by molar-refractivity contribution is 5.96. The van der Waals surface area contributed by atoms with Gasteiger partial charge in [0.1, 0.15) is 30.8 Å². The standard InChI is InChI=1S/C22H38N4O5.C20H34N4O5.C18H30N4O5.2C17H27N3O6/c1-5-15(3)19(27)24-13-9-7-11-17(23)21(29)26-18(22(30)31)12-8-10-14-25-20(28)16(4)6-2;1-13(2)17(25)22-11-7-5-9-15(21)19(27)24-16(20(28)29)10-6-8-12-23-18(26)14(3)4;1-3-15(23)20-11-7-5-9-13(19)17(25)22-14(18(26)27)10-6-8-12-21-16(24)4-2;1-10(2)14(21)19-8-6-5-7-13(16(23)24)20-15(22)12(18)9-26-17(25)11(3)4;1-10(2)14(21)19-8-6-5-7-12(18)15(22)20-13(16(23)24)9-26-17(25)11(3)4/h17-18H,3-14,23H2,1-2H3,(H,24,27)(H,25,28)(H,26,29)(H,30,31);15-16H,1,3,5-12,21H2,2,4H3,(H,22,25)(H,23,26)(H,24,27)(H,28,29);3-4,13-14H,1-2,5-12,19H2,(H,20,23)(H,21,24)(H,22,25)(H,26,27);2*12-13H,1,3,5-9,18H2,2,4H3,(H,19,21)(H,20,22)(H,23,24)/p+5/t17-,18-;15-,16-;13-,14-;2*12-,13-/m00000/s1. The van der Waals surface area contributed by atoms with Crippen molar-refractivity contribution in [1.29, 1.82) is 0 Å². The summed E-state index contributed by atoms with van der Waals surface area (Å²) < 4.78 is 9.59. The Labute approximate surface area is 814 Å². The lowest BCUT2D eigenvalue weighted by Gasteiger charge is -2.16. The van der Waals surface area contributed by atoms with Crippen LogP contribution in [-0.2, 0) is 105 Å². The van der Waals surface area contributed by atoms with Gasteiger partial charge >= 0.3 is 41.8 Å². The summed E-state index contributed by atoms with van der Waals surface area (Å²) in [7, 11) is 0. The van der Waals surface area contributed by atoms with Crippen molar-refractivity contribution in [1.82, 2.24) is 69.1 Å². The monoisotopic (exact) mass is 1970 g/mol. The summed E-state index contributed by atoms with van der Waals surface area (Å²) in [5, 5.41) is 79.9. The fraction of sp³-hybridized carbons (Fsp3) is 0.574. The van der Waals surface area contributed by atoms with Crippen LogP contribution in [-0.4, -0.2) is 270 Å². The van der Waals surface area contributed by atoms with Crippen molar-refractivity contribution in [3.63, 3.8) is 0 Å². The quantitative estimate of drug-likeness (QED) is 0.0177. The van der Waals surface area contributed by atoms with E-state index in [1.807, 2.05) is 13.8 Å². The Morgan fingerprint density at radius 2 is 0.446 bits per heavy atom. The lowest BCUT2D eigenvalue weighted by atomic mass is 10.1. The van der Waals surface area contributed by atoms with E-state index in [4.69, 9.17) is 14.6 Å². The maximum Gasteiger partial charge on any atom is 0.333 e. The molecule has 0 radical (unpaired) electrons. The molecular weight excluding hydrogens is 1810 g/mol. The minimum atomic E-state index is -1.36. The highest BCUT2D eigenvalue weighted by Crippen LogP contribution is 2.11. The molecule has 0 saturated carbocycles. The molecule has 0 unspecified atom stereocenters. The van der Waals surface area contributed by atoms with Gasteiger partial charge in [-0.1, -0.05) is 79.6 Å². The average molecular weight is 1980 g/mol. The number of carboxylic acids is 5.